The Bertz CT molecular complexity index is 673. The highest BCUT2D eigenvalue weighted by atomic mass is 16.1. The third-order valence-corrected chi connectivity index (χ3v) is 4.43. The van der Waals surface area contributed by atoms with Gasteiger partial charge in [-0.1, -0.05) is 0 Å². The molecule has 0 bridgehead atoms. The van der Waals surface area contributed by atoms with E-state index >= 15 is 0 Å². The summed E-state index contributed by atoms with van der Waals surface area (Å²) in [4.78, 5) is 16.5. The Morgan fingerprint density at radius 2 is 2.13 bits per heavy atom. The van der Waals surface area contributed by atoms with Crippen LogP contribution in [0.5, 0.6) is 0 Å². The number of hydrogen-bond donors (Lipinski definition) is 2. The lowest BCUT2D eigenvalue weighted by atomic mass is 9.84. The van der Waals surface area contributed by atoms with E-state index in [0.29, 0.717) is 24.2 Å². The molecule has 1 aliphatic rings. The normalized spacial score (nSPS) is 21.1. The summed E-state index contributed by atoms with van der Waals surface area (Å²) in [6.07, 6.45) is 10.1. The van der Waals surface area contributed by atoms with Crippen molar-refractivity contribution in [2.24, 2.45) is 18.7 Å². The van der Waals surface area contributed by atoms with Crippen LogP contribution in [-0.2, 0) is 11.8 Å². The van der Waals surface area contributed by atoms with Crippen molar-refractivity contribution in [3.63, 3.8) is 0 Å². The average Bonchev–Trinajstić information content (AvgIpc) is 2.96. The summed E-state index contributed by atoms with van der Waals surface area (Å²) in [5.41, 5.74) is 7.91. The van der Waals surface area contributed by atoms with Crippen LogP contribution in [0.25, 0.3) is 11.1 Å². The second-order valence-electron chi connectivity index (χ2n) is 6.37. The molecule has 0 aliphatic heterocycles. The summed E-state index contributed by atoms with van der Waals surface area (Å²) in [6, 6.07) is 4.10. The first-order chi connectivity index (χ1) is 11.1. The van der Waals surface area contributed by atoms with Crippen LogP contribution in [0.15, 0.2) is 30.7 Å². The van der Waals surface area contributed by atoms with Crippen LogP contribution in [-0.4, -0.2) is 26.7 Å². The third-order valence-electron chi connectivity index (χ3n) is 4.43. The average molecular weight is 313 g/mol. The molecule has 6 heteroatoms. The van der Waals surface area contributed by atoms with E-state index < -0.39 is 0 Å². The van der Waals surface area contributed by atoms with Crippen LogP contribution in [0.2, 0.25) is 0 Å². The minimum atomic E-state index is 0.0290. The highest BCUT2D eigenvalue weighted by molar-refractivity contribution is 5.90. The monoisotopic (exact) mass is 313 g/mol. The number of nitrogens with two attached hydrogens (primary N) is 1. The highest BCUT2D eigenvalue weighted by Gasteiger charge is 2.21. The Labute approximate surface area is 136 Å². The molecule has 0 unspecified atom stereocenters. The molecule has 0 aromatic carbocycles. The molecular formula is C17H23N5O. The van der Waals surface area contributed by atoms with Gasteiger partial charge in [-0.3, -0.25) is 9.48 Å². The lowest BCUT2D eigenvalue weighted by molar-refractivity contribution is -0.117. The fourth-order valence-corrected chi connectivity index (χ4v) is 3.10. The molecule has 6 nitrogen and oxygen atoms in total. The van der Waals surface area contributed by atoms with Crippen molar-refractivity contribution in [3.8, 4) is 11.1 Å². The van der Waals surface area contributed by atoms with Crippen molar-refractivity contribution in [2.45, 2.75) is 38.1 Å². The maximum Gasteiger partial charge on any atom is 0.225 e. The Kier molecular flexibility index (Phi) is 4.71. The van der Waals surface area contributed by atoms with Gasteiger partial charge in [-0.2, -0.15) is 5.10 Å². The molecule has 0 spiro atoms. The van der Waals surface area contributed by atoms with Crippen LogP contribution in [0.3, 0.4) is 0 Å². The van der Waals surface area contributed by atoms with Crippen molar-refractivity contribution < 1.29 is 4.79 Å². The van der Waals surface area contributed by atoms with Crippen LogP contribution in [0.1, 0.15) is 32.1 Å². The molecule has 0 saturated heterocycles. The summed E-state index contributed by atoms with van der Waals surface area (Å²) >= 11 is 0. The number of hydrogen-bond acceptors (Lipinski definition) is 4. The van der Waals surface area contributed by atoms with Crippen LogP contribution in [0, 0.1) is 5.92 Å². The molecule has 0 atom stereocenters. The summed E-state index contributed by atoms with van der Waals surface area (Å²) in [7, 11) is 1.88. The molecule has 2 aromatic rings. The van der Waals surface area contributed by atoms with Gasteiger partial charge in [0.1, 0.15) is 5.82 Å². The summed E-state index contributed by atoms with van der Waals surface area (Å²) in [6.45, 7) is 0. The van der Waals surface area contributed by atoms with Gasteiger partial charge in [0.25, 0.3) is 0 Å². The van der Waals surface area contributed by atoms with Crippen molar-refractivity contribution in [2.75, 3.05) is 5.32 Å². The van der Waals surface area contributed by atoms with E-state index in [1.807, 2.05) is 25.4 Å². The maximum absolute atomic E-state index is 12.2. The summed E-state index contributed by atoms with van der Waals surface area (Å²) < 4.78 is 1.75. The number of pyridine rings is 1. The van der Waals surface area contributed by atoms with E-state index in [9.17, 15) is 4.79 Å². The number of aromatic nitrogens is 3. The quantitative estimate of drug-likeness (QED) is 0.907. The molecule has 0 radical (unpaired) electrons. The number of anilines is 1. The number of carbonyl (C=O) groups is 1. The van der Waals surface area contributed by atoms with Crippen molar-refractivity contribution in [3.05, 3.63) is 30.7 Å². The SMILES string of the molecule is Cn1cc(-c2ccnc(NC(=O)CC3CCC(N)CC3)c2)cn1. The van der Waals surface area contributed by atoms with E-state index in [1.165, 1.54) is 0 Å². The first-order valence-electron chi connectivity index (χ1n) is 8.10. The zero-order chi connectivity index (χ0) is 16.2. The Hall–Kier alpha value is -2.21. The molecular weight excluding hydrogens is 290 g/mol. The molecule has 2 heterocycles. The summed E-state index contributed by atoms with van der Waals surface area (Å²) in [5.74, 6) is 1.06. The van der Waals surface area contributed by atoms with Crippen LogP contribution >= 0.6 is 0 Å². The number of carbonyl (C=O) groups excluding carboxylic acids is 1. The Morgan fingerprint density at radius 3 is 2.83 bits per heavy atom. The van der Waals surface area contributed by atoms with Crippen LogP contribution in [0.4, 0.5) is 5.82 Å². The minimum Gasteiger partial charge on any atom is -0.328 e. The third kappa shape index (κ3) is 4.16. The highest BCUT2D eigenvalue weighted by Crippen LogP contribution is 2.26. The largest absolute Gasteiger partial charge is 0.328 e. The molecule has 1 aliphatic carbocycles. The van der Waals surface area contributed by atoms with Gasteiger partial charge < -0.3 is 11.1 Å². The van der Waals surface area contributed by atoms with Gasteiger partial charge in [-0.05, 0) is 49.3 Å². The standard InChI is InChI=1S/C17H23N5O/c1-22-11-14(10-20-22)13-6-7-19-16(9-13)21-17(23)8-12-2-4-15(18)5-3-12/h6-7,9-12,15H,2-5,8,18H2,1H3,(H,19,21,23). The van der Waals surface area contributed by atoms with Crippen molar-refractivity contribution in [1.82, 2.24) is 14.8 Å². The van der Waals surface area contributed by atoms with Gasteiger partial charge in [0.2, 0.25) is 5.91 Å². The molecule has 3 rings (SSSR count). The van der Waals surface area contributed by atoms with Crippen LogP contribution < -0.4 is 11.1 Å². The fourth-order valence-electron chi connectivity index (χ4n) is 3.10. The van der Waals surface area contributed by atoms with Gasteiger partial charge in [-0.25, -0.2) is 4.98 Å². The Morgan fingerprint density at radius 1 is 1.35 bits per heavy atom. The zero-order valence-electron chi connectivity index (χ0n) is 13.4. The molecule has 23 heavy (non-hydrogen) atoms. The minimum absolute atomic E-state index is 0.0290. The molecule has 3 N–H and O–H groups in total. The van der Waals surface area contributed by atoms with E-state index in [2.05, 4.69) is 15.4 Å². The Balaban J connectivity index is 1.60. The molecule has 2 aromatic heterocycles. The predicted molar refractivity (Wildman–Crippen MR) is 89.6 cm³/mol. The van der Waals surface area contributed by atoms with Gasteiger partial charge >= 0.3 is 0 Å². The maximum atomic E-state index is 12.2. The predicted octanol–water partition coefficient (Wildman–Crippen LogP) is 2.33. The lowest BCUT2D eigenvalue weighted by Crippen LogP contribution is -2.28. The fraction of sp³-hybridized carbons (Fsp3) is 0.471. The second-order valence-corrected chi connectivity index (χ2v) is 6.37. The molecule has 1 amide bonds. The molecule has 1 saturated carbocycles. The topological polar surface area (TPSA) is 85.8 Å². The van der Waals surface area contributed by atoms with Crippen molar-refractivity contribution in [1.29, 1.82) is 0 Å². The first-order valence-corrected chi connectivity index (χ1v) is 8.10. The first kappa shape index (κ1) is 15.7. The van der Waals surface area contributed by atoms with Crippen molar-refractivity contribution >= 4 is 11.7 Å². The molecule has 1 fully saturated rings. The number of nitrogens with zero attached hydrogens (tertiary/aromatic N) is 3. The van der Waals surface area contributed by atoms with E-state index in [-0.39, 0.29) is 5.91 Å². The van der Waals surface area contributed by atoms with Gasteiger partial charge in [-0.15, -0.1) is 0 Å². The van der Waals surface area contributed by atoms with E-state index in [1.54, 1.807) is 17.1 Å². The van der Waals surface area contributed by atoms with Gasteiger partial charge in [0.05, 0.1) is 6.20 Å². The number of rotatable bonds is 4. The second kappa shape index (κ2) is 6.91. The smallest absolute Gasteiger partial charge is 0.225 e. The molecule has 122 valence electrons. The number of nitrogens with one attached hydrogen (secondary N) is 1. The lowest BCUT2D eigenvalue weighted by Gasteiger charge is -2.25. The number of aryl methyl sites for hydroxylation is 1. The van der Waals surface area contributed by atoms with E-state index in [0.717, 1.165) is 36.8 Å². The number of amides is 1. The van der Waals surface area contributed by atoms with Gasteiger partial charge in [0.15, 0.2) is 0 Å². The zero-order valence-corrected chi connectivity index (χ0v) is 13.4. The summed E-state index contributed by atoms with van der Waals surface area (Å²) in [5, 5.41) is 7.07. The van der Waals surface area contributed by atoms with E-state index in [4.69, 9.17) is 5.73 Å². The van der Waals surface area contributed by atoms with Gasteiger partial charge in [0, 0.05) is 37.5 Å².